The summed E-state index contributed by atoms with van der Waals surface area (Å²) in [5, 5.41) is 0. The van der Waals surface area contributed by atoms with Gasteiger partial charge in [-0.15, -0.1) is 0 Å². The summed E-state index contributed by atoms with van der Waals surface area (Å²) in [6.07, 6.45) is 4.27. The first kappa shape index (κ1) is 16.7. The second kappa shape index (κ2) is 7.18. The van der Waals surface area contributed by atoms with Crippen molar-refractivity contribution in [3.63, 3.8) is 0 Å². The van der Waals surface area contributed by atoms with Crippen LogP contribution in [0.1, 0.15) is 62.2 Å². The number of hydrogen-bond donors (Lipinski definition) is 0. The van der Waals surface area contributed by atoms with Crippen molar-refractivity contribution < 1.29 is 10.2 Å². The van der Waals surface area contributed by atoms with Crippen LogP contribution in [-0.4, -0.2) is 0 Å². The highest BCUT2D eigenvalue weighted by Gasteiger charge is 2.21. The Morgan fingerprint density at radius 2 is 1.50 bits per heavy atom. The van der Waals surface area contributed by atoms with E-state index in [1.165, 1.54) is 12.1 Å². The van der Waals surface area contributed by atoms with E-state index in [4.69, 9.17) is 0 Å². The third-order valence-corrected chi connectivity index (χ3v) is 4.94. The smallest absolute Gasteiger partial charge is 0.142 e. The Hall–Kier alpha value is -2.14. The lowest BCUT2D eigenvalue weighted by molar-refractivity contribution is 0.346. The van der Waals surface area contributed by atoms with Crippen LogP contribution in [0.2, 0.25) is 0 Å². The van der Waals surface area contributed by atoms with Crippen LogP contribution in [0.3, 0.4) is 0 Å². The summed E-state index contributed by atoms with van der Waals surface area (Å²) < 4.78 is 28.7. The Morgan fingerprint density at radius 3 is 2.08 bits per heavy atom. The van der Waals surface area contributed by atoms with E-state index in [1.54, 1.807) is 0 Å². The fourth-order valence-electron chi connectivity index (χ4n) is 3.31. The van der Waals surface area contributed by atoms with Crippen molar-refractivity contribution in [2.45, 2.75) is 45.4 Å². The van der Waals surface area contributed by atoms with E-state index in [0.29, 0.717) is 0 Å². The molecular weight excluding hydrogens is 302 g/mol. The summed E-state index contributed by atoms with van der Waals surface area (Å²) in [6.45, 7) is 4.22. The molecule has 0 bridgehead atoms. The van der Waals surface area contributed by atoms with Crippen LogP contribution < -0.4 is 0 Å². The molecule has 0 aromatic heterocycles. The fraction of sp³-hybridized carbons (Fsp3) is 0.364. The van der Waals surface area contributed by atoms with E-state index in [0.717, 1.165) is 48.3 Å². The van der Waals surface area contributed by atoms with Gasteiger partial charge < -0.3 is 0 Å². The maximum atomic E-state index is 14.4. The highest BCUT2D eigenvalue weighted by molar-refractivity contribution is 5.45. The van der Waals surface area contributed by atoms with Gasteiger partial charge in [-0.3, -0.25) is 0 Å². The molecule has 0 aliphatic heterocycles. The number of hydrogen-bond acceptors (Lipinski definition) is 0. The van der Waals surface area contributed by atoms with Crippen LogP contribution in [0.4, 0.5) is 8.78 Å². The minimum Gasteiger partial charge on any atom is -0.206 e. The SMILES string of the molecule is Cc1ccc(C#Cc2c(F)cc(C3CCC(C)CC3)cc2F)cc1.[HH]. The molecule has 1 saturated carbocycles. The van der Waals surface area contributed by atoms with Gasteiger partial charge in [0.05, 0.1) is 5.56 Å². The first-order valence-corrected chi connectivity index (χ1v) is 8.60. The summed E-state index contributed by atoms with van der Waals surface area (Å²) >= 11 is 0. The zero-order valence-electron chi connectivity index (χ0n) is 14.2. The van der Waals surface area contributed by atoms with Crippen molar-refractivity contribution >= 4 is 0 Å². The van der Waals surface area contributed by atoms with Crippen molar-refractivity contribution in [1.82, 2.24) is 0 Å². The zero-order valence-corrected chi connectivity index (χ0v) is 14.2. The average molecular weight is 326 g/mol. The Morgan fingerprint density at radius 1 is 0.917 bits per heavy atom. The molecule has 0 atom stereocenters. The molecule has 0 N–H and O–H groups in total. The lowest BCUT2D eigenvalue weighted by atomic mass is 9.79. The maximum Gasteiger partial charge on any atom is 0.142 e. The number of aryl methyl sites for hydroxylation is 1. The third kappa shape index (κ3) is 3.85. The molecule has 3 rings (SSSR count). The van der Waals surface area contributed by atoms with Crippen LogP contribution in [0, 0.1) is 36.3 Å². The lowest BCUT2D eigenvalue weighted by Gasteiger charge is -2.26. The van der Waals surface area contributed by atoms with Crippen LogP contribution in [0.5, 0.6) is 0 Å². The molecule has 2 aromatic carbocycles. The normalized spacial score (nSPS) is 20.3. The largest absolute Gasteiger partial charge is 0.206 e. The standard InChI is InChI=1S/C22H22F2.H2/c1-15-3-7-17(8-4-15)9-12-20-21(23)13-19(14-22(20)24)18-10-5-16(2)6-11-18;/h3-4,7-8,13-14,16,18H,5-6,10-11H2,1-2H3;1H. The van der Waals surface area contributed by atoms with E-state index in [-0.39, 0.29) is 12.9 Å². The highest BCUT2D eigenvalue weighted by atomic mass is 19.1. The summed E-state index contributed by atoms with van der Waals surface area (Å²) in [5.41, 5.74) is 2.52. The van der Waals surface area contributed by atoms with E-state index < -0.39 is 11.6 Å². The van der Waals surface area contributed by atoms with Crippen molar-refractivity contribution in [2.75, 3.05) is 0 Å². The molecule has 24 heavy (non-hydrogen) atoms. The molecule has 2 heteroatoms. The van der Waals surface area contributed by atoms with Crippen molar-refractivity contribution in [2.24, 2.45) is 5.92 Å². The Labute approximate surface area is 144 Å². The van der Waals surface area contributed by atoms with Crippen LogP contribution in [0.15, 0.2) is 36.4 Å². The van der Waals surface area contributed by atoms with Gasteiger partial charge in [-0.1, -0.05) is 49.3 Å². The van der Waals surface area contributed by atoms with Gasteiger partial charge in [-0.25, -0.2) is 8.78 Å². The van der Waals surface area contributed by atoms with Crippen LogP contribution in [-0.2, 0) is 0 Å². The first-order valence-electron chi connectivity index (χ1n) is 8.60. The van der Waals surface area contributed by atoms with Crippen molar-refractivity contribution in [1.29, 1.82) is 0 Å². The number of halogens is 2. The summed E-state index contributed by atoms with van der Waals surface area (Å²) in [4.78, 5) is 0. The zero-order chi connectivity index (χ0) is 17.1. The molecule has 1 aliphatic rings. The summed E-state index contributed by atoms with van der Waals surface area (Å²) in [6, 6.07) is 10.5. The molecule has 0 radical (unpaired) electrons. The van der Waals surface area contributed by atoms with Gasteiger partial charge in [0.15, 0.2) is 0 Å². The van der Waals surface area contributed by atoms with E-state index in [2.05, 4.69) is 18.8 Å². The van der Waals surface area contributed by atoms with E-state index in [9.17, 15) is 8.78 Å². The van der Waals surface area contributed by atoms with Crippen LogP contribution in [0.25, 0.3) is 0 Å². The third-order valence-electron chi connectivity index (χ3n) is 4.94. The Bertz CT molecular complexity index is 753. The van der Waals surface area contributed by atoms with E-state index in [1.807, 2.05) is 31.2 Å². The average Bonchev–Trinajstić information content (AvgIpc) is 2.56. The molecule has 2 aromatic rings. The second-order valence-corrected chi connectivity index (χ2v) is 6.93. The molecule has 0 saturated heterocycles. The Kier molecular flexibility index (Phi) is 5.00. The second-order valence-electron chi connectivity index (χ2n) is 6.93. The van der Waals surface area contributed by atoms with Gasteiger partial charge in [-0.05, 0) is 61.4 Å². The van der Waals surface area contributed by atoms with E-state index >= 15 is 0 Å². The van der Waals surface area contributed by atoms with Crippen molar-refractivity contribution in [3.8, 4) is 11.8 Å². The molecule has 126 valence electrons. The monoisotopic (exact) mass is 326 g/mol. The topological polar surface area (TPSA) is 0 Å². The van der Waals surface area contributed by atoms with Crippen LogP contribution >= 0.6 is 0 Å². The first-order chi connectivity index (χ1) is 11.5. The quantitative estimate of drug-likeness (QED) is 0.546. The van der Waals surface area contributed by atoms with Gasteiger partial charge in [0.2, 0.25) is 0 Å². The number of benzene rings is 2. The van der Waals surface area contributed by atoms with Crippen molar-refractivity contribution in [3.05, 3.63) is 70.3 Å². The highest BCUT2D eigenvalue weighted by Crippen LogP contribution is 2.36. The summed E-state index contributed by atoms with van der Waals surface area (Å²) in [5.74, 6) is 5.38. The molecular formula is C22H24F2. The molecule has 0 unspecified atom stereocenters. The lowest BCUT2D eigenvalue weighted by Crippen LogP contribution is -2.11. The molecule has 0 heterocycles. The molecule has 1 fully saturated rings. The molecule has 0 spiro atoms. The Balaban J connectivity index is 0.00000225. The summed E-state index contributed by atoms with van der Waals surface area (Å²) in [7, 11) is 0. The maximum absolute atomic E-state index is 14.4. The van der Waals surface area contributed by atoms with Gasteiger partial charge in [0, 0.05) is 6.99 Å². The number of rotatable bonds is 1. The predicted octanol–water partition coefficient (Wildman–Crippen LogP) is 6.21. The minimum atomic E-state index is -0.553. The fourth-order valence-corrected chi connectivity index (χ4v) is 3.31. The molecule has 0 nitrogen and oxygen atoms in total. The van der Waals surface area contributed by atoms with Gasteiger partial charge in [0.25, 0.3) is 0 Å². The molecule has 1 aliphatic carbocycles. The predicted molar refractivity (Wildman–Crippen MR) is 96.0 cm³/mol. The molecule has 0 amide bonds. The van der Waals surface area contributed by atoms with Gasteiger partial charge in [0.1, 0.15) is 11.6 Å². The minimum absolute atomic E-state index is 0. The van der Waals surface area contributed by atoms with Gasteiger partial charge in [-0.2, -0.15) is 0 Å². The van der Waals surface area contributed by atoms with Gasteiger partial charge >= 0.3 is 0 Å².